The Morgan fingerprint density at radius 1 is 1.48 bits per heavy atom. The highest BCUT2D eigenvalue weighted by molar-refractivity contribution is 5.95. The zero-order valence-electron chi connectivity index (χ0n) is 12.8. The van der Waals surface area contributed by atoms with Crippen molar-refractivity contribution >= 4 is 28.7 Å². The summed E-state index contributed by atoms with van der Waals surface area (Å²) in [5.41, 5.74) is 2.15. The highest BCUT2D eigenvalue weighted by Crippen LogP contribution is 2.20. The molecule has 2 heterocycles. The van der Waals surface area contributed by atoms with Crippen LogP contribution in [0.1, 0.15) is 13.8 Å². The number of anilines is 1. The number of urea groups is 1. The van der Waals surface area contributed by atoms with Crippen molar-refractivity contribution in [3.8, 4) is 12.5 Å². The van der Waals surface area contributed by atoms with Crippen molar-refractivity contribution in [2.45, 2.75) is 25.9 Å². The van der Waals surface area contributed by atoms with Crippen molar-refractivity contribution < 1.29 is 9.59 Å². The molecule has 3 rings (SSSR count). The number of nitrogens with zero attached hydrogens (tertiary/aromatic N) is 2. The molecule has 3 amide bonds. The SMILES string of the molecule is C#Cn1cnc2ccc(NC(=O)C(C)C3NC(=O)NC3C)cc21. The molecule has 0 bridgehead atoms. The number of terminal acetylenes is 1. The number of rotatable bonds is 3. The van der Waals surface area contributed by atoms with Crippen LogP contribution in [0, 0.1) is 18.4 Å². The molecule has 1 saturated heterocycles. The van der Waals surface area contributed by atoms with E-state index in [4.69, 9.17) is 6.42 Å². The Morgan fingerprint density at radius 3 is 2.91 bits per heavy atom. The zero-order valence-corrected chi connectivity index (χ0v) is 12.8. The third-order valence-corrected chi connectivity index (χ3v) is 4.10. The molecule has 0 aliphatic carbocycles. The van der Waals surface area contributed by atoms with Gasteiger partial charge in [-0.1, -0.05) is 13.3 Å². The van der Waals surface area contributed by atoms with Crippen molar-refractivity contribution in [2.24, 2.45) is 5.92 Å². The van der Waals surface area contributed by atoms with Crippen LogP contribution in [-0.2, 0) is 4.79 Å². The average molecular weight is 311 g/mol. The van der Waals surface area contributed by atoms with E-state index in [1.54, 1.807) is 36.0 Å². The van der Waals surface area contributed by atoms with Crippen molar-refractivity contribution in [3.63, 3.8) is 0 Å². The number of hydrogen-bond acceptors (Lipinski definition) is 3. The summed E-state index contributed by atoms with van der Waals surface area (Å²) in [4.78, 5) is 28.0. The minimum atomic E-state index is -0.378. The van der Waals surface area contributed by atoms with Gasteiger partial charge in [0, 0.05) is 17.8 Å². The molecule has 1 aliphatic heterocycles. The minimum Gasteiger partial charge on any atom is -0.334 e. The van der Waals surface area contributed by atoms with E-state index >= 15 is 0 Å². The Kier molecular flexibility index (Phi) is 3.66. The average Bonchev–Trinajstić information content (AvgIpc) is 3.08. The summed E-state index contributed by atoms with van der Waals surface area (Å²) in [6, 6.07) is 7.24. The van der Waals surface area contributed by atoms with Crippen molar-refractivity contribution in [1.82, 2.24) is 20.2 Å². The number of carbonyl (C=O) groups excluding carboxylic acids is 2. The fourth-order valence-electron chi connectivity index (χ4n) is 2.78. The molecule has 1 aromatic heterocycles. The first kappa shape index (κ1) is 14.9. The van der Waals surface area contributed by atoms with E-state index in [2.05, 4.69) is 27.0 Å². The largest absolute Gasteiger partial charge is 0.334 e. The highest BCUT2D eigenvalue weighted by atomic mass is 16.2. The van der Waals surface area contributed by atoms with Crippen LogP contribution in [-0.4, -0.2) is 33.6 Å². The molecule has 23 heavy (non-hydrogen) atoms. The van der Waals surface area contributed by atoms with E-state index in [1.165, 1.54) is 0 Å². The van der Waals surface area contributed by atoms with Gasteiger partial charge in [-0.2, -0.15) is 0 Å². The second-order valence-corrected chi connectivity index (χ2v) is 5.66. The minimum absolute atomic E-state index is 0.103. The quantitative estimate of drug-likeness (QED) is 0.742. The van der Waals surface area contributed by atoms with Crippen LogP contribution in [0.3, 0.4) is 0 Å². The number of aromatic nitrogens is 2. The molecule has 3 atom stereocenters. The van der Waals surface area contributed by atoms with Crippen LogP contribution in [0.25, 0.3) is 11.0 Å². The molecule has 7 heteroatoms. The number of hydrogen-bond donors (Lipinski definition) is 3. The lowest BCUT2D eigenvalue weighted by Crippen LogP contribution is -2.42. The van der Waals surface area contributed by atoms with Gasteiger partial charge >= 0.3 is 6.03 Å². The number of fused-ring (bicyclic) bond motifs is 1. The van der Waals surface area contributed by atoms with Gasteiger partial charge in [0.15, 0.2) is 0 Å². The zero-order chi connectivity index (χ0) is 16.6. The smallest absolute Gasteiger partial charge is 0.315 e. The van der Waals surface area contributed by atoms with Gasteiger partial charge in [-0.15, -0.1) is 0 Å². The van der Waals surface area contributed by atoms with Gasteiger partial charge in [0.25, 0.3) is 0 Å². The molecule has 1 aromatic carbocycles. The number of carbonyl (C=O) groups is 2. The van der Waals surface area contributed by atoms with Gasteiger partial charge in [-0.25, -0.2) is 9.78 Å². The van der Waals surface area contributed by atoms with Crippen molar-refractivity contribution in [1.29, 1.82) is 0 Å². The second kappa shape index (κ2) is 5.65. The fraction of sp³-hybridized carbons (Fsp3) is 0.312. The van der Waals surface area contributed by atoms with Crippen molar-refractivity contribution in [3.05, 3.63) is 24.5 Å². The molecule has 2 aromatic rings. The second-order valence-electron chi connectivity index (χ2n) is 5.66. The standard InChI is InChI=1S/C16H17N5O2/c1-4-21-8-17-12-6-5-11(7-13(12)21)19-15(22)9(2)14-10(3)18-16(23)20-14/h1,5-10,14H,2-3H3,(H,19,22)(H2,18,20,23). The molecule has 3 N–H and O–H groups in total. The predicted molar refractivity (Wildman–Crippen MR) is 86.7 cm³/mol. The normalized spacial score (nSPS) is 21.3. The maximum Gasteiger partial charge on any atom is 0.315 e. The molecule has 0 radical (unpaired) electrons. The van der Waals surface area contributed by atoms with Crippen LogP contribution in [0.5, 0.6) is 0 Å². The molecule has 0 saturated carbocycles. The van der Waals surface area contributed by atoms with Gasteiger partial charge in [0.2, 0.25) is 5.91 Å². The third-order valence-electron chi connectivity index (χ3n) is 4.10. The summed E-state index contributed by atoms with van der Waals surface area (Å²) in [5, 5.41) is 8.36. The van der Waals surface area contributed by atoms with Crippen LogP contribution in [0.4, 0.5) is 10.5 Å². The number of nitrogens with one attached hydrogen (secondary N) is 3. The summed E-state index contributed by atoms with van der Waals surface area (Å²) in [5.74, 6) is -0.547. The van der Waals surface area contributed by atoms with E-state index < -0.39 is 0 Å². The lowest BCUT2D eigenvalue weighted by atomic mass is 9.96. The van der Waals surface area contributed by atoms with E-state index in [0.717, 1.165) is 11.0 Å². The first-order valence-corrected chi connectivity index (χ1v) is 7.31. The van der Waals surface area contributed by atoms with Gasteiger partial charge in [0.1, 0.15) is 6.33 Å². The molecule has 1 aliphatic rings. The number of imidazole rings is 1. The summed E-state index contributed by atoms with van der Waals surface area (Å²) in [7, 11) is 0. The van der Waals surface area contributed by atoms with Crippen molar-refractivity contribution in [2.75, 3.05) is 5.32 Å². The van der Waals surface area contributed by atoms with Gasteiger partial charge in [-0.05, 0) is 25.1 Å². The maximum absolute atomic E-state index is 12.4. The lowest BCUT2D eigenvalue weighted by Gasteiger charge is -2.21. The molecule has 118 valence electrons. The maximum atomic E-state index is 12.4. The molecule has 7 nitrogen and oxygen atoms in total. The van der Waals surface area contributed by atoms with E-state index in [1.807, 2.05) is 6.92 Å². The van der Waals surface area contributed by atoms with Crippen LogP contribution in [0.15, 0.2) is 24.5 Å². The Bertz CT molecular complexity index is 819. The summed E-state index contributed by atoms with van der Waals surface area (Å²) in [6.07, 6.45) is 6.97. The molecule has 0 spiro atoms. The van der Waals surface area contributed by atoms with E-state index in [0.29, 0.717) is 5.69 Å². The van der Waals surface area contributed by atoms with E-state index in [-0.39, 0.29) is 29.9 Å². The fourth-order valence-corrected chi connectivity index (χ4v) is 2.78. The summed E-state index contributed by atoms with van der Waals surface area (Å²) < 4.78 is 1.55. The van der Waals surface area contributed by atoms with Gasteiger partial charge in [0.05, 0.1) is 23.0 Å². The summed E-state index contributed by atoms with van der Waals surface area (Å²) in [6.45, 7) is 3.65. The lowest BCUT2D eigenvalue weighted by molar-refractivity contribution is -0.120. The Hall–Kier alpha value is -3.01. The van der Waals surface area contributed by atoms with Crippen LogP contribution in [0.2, 0.25) is 0 Å². The number of amides is 3. The molecular weight excluding hydrogens is 294 g/mol. The molecular formula is C16H17N5O2. The Morgan fingerprint density at radius 2 is 2.26 bits per heavy atom. The molecule has 1 fully saturated rings. The third kappa shape index (κ3) is 2.71. The van der Waals surface area contributed by atoms with Crippen LogP contribution < -0.4 is 16.0 Å². The first-order chi connectivity index (χ1) is 11.0. The van der Waals surface area contributed by atoms with E-state index in [9.17, 15) is 9.59 Å². The summed E-state index contributed by atoms with van der Waals surface area (Å²) >= 11 is 0. The number of benzene rings is 1. The molecule has 3 unspecified atom stereocenters. The van der Waals surface area contributed by atoms with Gasteiger partial charge in [-0.3, -0.25) is 9.36 Å². The monoisotopic (exact) mass is 311 g/mol. The highest BCUT2D eigenvalue weighted by Gasteiger charge is 2.35. The topological polar surface area (TPSA) is 88.1 Å². The Labute approximate surface area is 133 Å². The van der Waals surface area contributed by atoms with Crippen LogP contribution >= 0.6 is 0 Å². The predicted octanol–water partition coefficient (Wildman–Crippen LogP) is 1.12. The Balaban J connectivity index is 1.77. The first-order valence-electron chi connectivity index (χ1n) is 7.31. The van der Waals surface area contributed by atoms with Gasteiger partial charge < -0.3 is 16.0 Å².